The van der Waals surface area contributed by atoms with Crippen LogP contribution in [0, 0.1) is 5.41 Å². The highest BCUT2D eigenvalue weighted by molar-refractivity contribution is 5.76. The standard InChI is InChI=1S/C13H17NO2/c1-13(2,12(15)16)10-7-6-9-8(10)4-3-5-11(9)14/h3-5,10H,6-7,14H2,1-2H3,(H,15,16). The number of carboxylic acids is 1. The van der Waals surface area contributed by atoms with Gasteiger partial charge in [0.25, 0.3) is 0 Å². The highest BCUT2D eigenvalue weighted by Crippen LogP contribution is 2.46. The average Bonchev–Trinajstić information content (AvgIpc) is 2.63. The molecule has 1 aromatic carbocycles. The van der Waals surface area contributed by atoms with E-state index in [1.165, 1.54) is 0 Å². The summed E-state index contributed by atoms with van der Waals surface area (Å²) in [7, 11) is 0. The van der Waals surface area contributed by atoms with Gasteiger partial charge in [-0.1, -0.05) is 12.1 Å². The number of rotatable bonds is 2. The summed E-state index contributed by atoms with van der Waals surface area (Å²) in [5.74, 6) is -0.670. The highest BCUT2D eigenvalue weighted by atomic mass is 16.4. The first-order valence-electron chi connectivity index (χ1n) is 5.55. The first-order chi connectivity index (χ1) is 7.44. The fourth-order valence-electron chi connectivity index (χ4n) is 2.58. The fourth-order valence-corrected chi connectivity index (χ4v) is 2.58. The van der Waals surface area contributed by atoms with E-state index in [0.717, 1.165) is 29.7 Å². The number of carbonyl (C=O) groups is 1. The van der Waals surface area contributed by atoms with Crippen LogP contribution in [0.1, 0.15) is 37.3 Å². The number of anilines is 1. The van der Waals surface area contributed by atoms with Crippen molar-refractivity contribution >= 4 is 11.7 Å². The number of hydrogen-bond donors (Lipinski definition) is 2. The maximum Gasteiger partial charge on any atom is 0.309 e. The summed E-state index contributed by atoms with van der Waals surface area (Å²) in [5.41, 5.74) is 8.23. The van der Waals surface area contributed by atoms with Gasteiger partial charge in [0.05, 0.1) is 5.41 Å². The van der Waals surface area contributed by atoms with Crippen molar-refractivity contribution in [3.8, 4) is 0 Å². The maximum absolute atomic E-state index is 11.3. The molecule has 1 atom stereocenters. The van der Waals surface area contributed by atoms with Gasteiger partial charge in [-0.25, -0.2) is 0 Å². The molecule has 0 bridgehead atoms. The Balaban J connectivity index is 2.45. The van der Waals surface area contributed by atoms with E-state index in [1.807, 2.05) is 18.2 Å². The number of nitrogen functional groups attached to an aromatic ring is 1. The predicted molar refractivity (Wildman–Crippen MR) is 63.3 cm³/mol. The van der Waals surface area contributed by atoms with Gasteiger partial charge < -0.3 is 10.8 Å². The van der Waals surface area contributed by atoms with Crippen LogP contribution in [-0.2, 0) is 11.2 Å². The normalized spacial score (nSPS) is 19.5. The van der Waals surface area contributed by atoms with Crippen molar-refractivity contribution in [3.63, 3.8) is 0 Å². The van der Waals surface area contributed by atoms with E-state index >= 15 is 0 Å². The molecule has 2 rings (SSSR count). The van der Waals surface area contributed by atoms with Crippen LogP contribution in [0.15, 0.2) is 18.2 Å². The van der Waals surface area contributed by atoms with Gasteiger partial charge in [0.1, 0.15) is 0 Å². The number of fused-ring (bicyclic) bond motifs is 1. The molecule has 0 saturated heterocycles. The Hall–Kier alpha value is -1.51. The zero-order valence-electron chi connectivity index (χ0n) is 9.66. The Morgan fingerprint density at radius 3 is 2.81 bits per heavy atom. The molecule has 0 heterocycles. The van der Waals surface area contributed by atoms with Crippen molar-refractivity contribution in [3.05, 3.63) is 29.3 Å². The van der Waals surface area contributed by atoms with E-state index in [-0.39, 0.29) is 5.92 Å². The molecule has 0 spiro atoms. The Bertz CT molecular complexity index is 438. The van der Waals surface area contributed by atoms with Gasteiger partial charge >= 0.3 is 5.97 Å². The van der Waals surface area contributed by atoms with Crippen LogP contribution in [-0.4, -0.2) is 11.1 Å². The topological polar surface area (TPSA) is 63.3 Å². The first kappa shape index (κ1) is 11.0. The Morgan fingerprint density at radius 2 is 2.19 bits per heavy atom. The van der Waals surface area contributed by atoms with Gasteiger partial charge in [0.15, 0.2) is 0 Å². The molecule has 3 N–H and O–H groups in total. The second kappa shape index (κ2) is 3.51. The number of nitrogens with two attached hydrogens (primary N) is 1. The second-order valence-corrected chi connectivity index (χ2v) is 5.03. The lowest BCUT2D eigenvalue weighted by Gasteiger charge is -2.27. The van der Waals surface area contributed by atoms with Crippen LogP contribution in [0.5, 0.6) is 0 Å². The van der Waals surface area contributed by atoms with Crippen molar-refractivity contribution in [2.75, 3.05) is 5.73 Å². The summed E-state index contributed by atoms with van der Waals surface area (Å²) >= 11 is 0. The molecular weight excluding hydrogens is 202 g/mol. The van der Waals surface area contributed by atoms with Crippen LogP contribution in [0.2, 0.25) is 0 Å². The number of hydrogen-bond acceptors (Lipinski definition) is 2. The van der Waals surface area contributed by atoms with Gasteiger partial charge in [-0.2, -0.15) is 0 Å². The van der Waals surface area contributed by atoms with Crippen molar-refractivity contribution in [1.82, 2.24) is 0 Å². The van der Waals surface area contributed by atoms with E-state index in [1.54, 1.807) is 13.8 Å². The van der Waals surface area contributed by atoms with Crippen molar-refractivity contribution in [1.29, 1.82) is 0 Å². The fraction of sp³-hybridized carbons (Fsp3) is 0.462. The second-order valence-electron chi connectivity index (χ2n) is 5.03. The molecule has 1 aromatic rings. The summed E-state index contributed by atoms with van der Waals surface area (Å²) in [6.07, 6.45) is 1.77. The van der Waals surface area contributed by atoms with E-state index in [2.05, 4.69) is 0 Å². The van der Waals surface area contributed by atoms with Crippen LogP contribution < -0.4 is 5.73 Å². The molecule has 0 radical (unpaired) electrons. The summed E-state index contributed by atoms with van der Waals surface area (Å²) < 4.78 is 0. The molecular formula is C13H17NO2. The van der Waals surface area contributed by atoms with Crippen LogP contribution in [0.3, 0.4) is 0 Å². The van der Waals surface area contributed by atoms with Crippen LogP contribution >= 0.6 is 0 Å². The van der Waals surface area contributed by atoms with Gasteiger partial charge in [0, 0.05) is 11.6 Å². The minimum absolute atomic E-state index is 0.0727. The lowest BCUT2D eigenvalue weighted by Crippen LogP contribution is -2.30. The Morgan fingerprint density at radius 1 is 1.50 bits per heavy atom. The molecule has 16 heavy (non-hydrogen) atoms. The summed E-state index contributed by atoms with van der Waals surface area (Å²) in [6.45, 7) is 3.58. The average molecular weight is 219 g/mol. The number of carboxylic acid groups (broad SMARTS) is 1. The summed E-state index contributed by atoms with van der Waals surface area (Å²) in [5, 5.41) is 9.27. The molecule has 0 saturated carbocycles. The Kier molecular flexibility index (Phi) is 2.41. The third-order valence-corrected chi connectivity index (χ3v) is 3.73. The first-order valence-corrected chi connectivity index (χ1v) is 5.55. The molecule has 86 valence electrons. The van der Waals surface area contributed by atoms with E-state index in [0.29, 0.717) is 0 Å². The lowest BCUT2D eigenvalue weighted by atomic mass is 9.75. The number of aliphatic carboxylic acids is 1. The van der Waals surface area contributed by atoms with Gasteiger partial charge in [-0.3, -0.25) is 4.79 Å². The zero-order valence-corrected chi connectivity index (χ0v) is 9.66. The van der Waals surface area contributed by atoms with Gasteiger partial charge in [0.2, 0.25) is 0 Å². The molecule has 0 aliphatic heterocycles. The molecule has 0 aromatic heterocycles. The number of benzene rings is 1. The lowest BCUT2D eigenvalue weighted by molar-refractivity contribution is -0.148. The molecule has 0 amide bonds. The molecule has 3 heteroatoms. The predicted octanol–water partition coefficient (Wildman–Crippen LogP) is 2.41. The smallest absolute Gasteiger partial charge is 0.309 e. The maximum atomic E-state index is 11.3. The van der Waals surface area contributed by atoms with Crippen molar-refractivity contribution < 1.29 is 9.90 Å². The summed E-state index contributed by atoms with van der Waals surface area (Å²) in [6, 6.07) is 5.80. The van der Waals surface area contributed by atoms with E-state index in [4.69, 9.17) is 5.73 Å². The van der Waals surface area contributed by atoms with Crippen LogP contribution in [0.4, 0.5) is 5.69 Å². The SMILES string of the molecule is CC(C)(C(=O)O)C1CCc2c(N)cccc21. The van der Waals surface area contributed by atoms with Crippen LogP contribution in [0.25, 0.3) is 0 Å². The molecule has 1 unspecified atom stereocenters. The van der Waals surface area contributed by atoms with E-state index < -0.39 is 11.4 Å². The third-order valence-electron chi connectivity index (χ3n) is 3.73. The molecule has 1 aliphatic rings. The monoisotopic (exact) mass is 219 g/mol. The third kappa shape index (κ3) is 1.47. The summed E-state index contributed by atoms with van der Waals surface area (Å²) in [4.78, 5) is 11.3. The molecule has 0 fully saturated rings. The van der Waals surface area contributed by atoms with Gasteiger partial charge in [-0.05, 0) is 43.9 Å². The van der Waals surface area contributed by atoms with E-state index in [9.17, 15) is 9.90 Å². The molecule has 1 aliphatic carbocycles. The molecule has 3 nitrogen and oxygen atoms in total. The van der Waals surface area contributed by atoms with Crippen molar-refractivity contribution in [2.24, 2.45) is 5.41 Å². The Labute approximate surface area is 95.3 Å². The van der Waals surface area contributed by atoms with Crippen molar-refractivity contribution in [2.45, 2.75) is 32.6 Å². The zero-order chi connectivity index (χ0) is 11.9. The highest BCUT2D eigenvalue weighted by Gasteiger charge is 2.41. The minimum Gasteiger partial charge on any atom is -0.481 e. The minimum atomic E-state index is -0.743. The largest absolute Gasteiger partial charge is 0.481 e. The van der Waals surface area contributed by atoms with Gasteiger partial charge in [-0.15, -0.1) is 0 Å². The quantitative estimate of drug-likeness (QED) is 0.751.